The van der Waals surface area contributed by atoms with Crippen LogP contribution in [-0.4, -0.2) is 23.5 Å². The van der Waals surface area contributed by atoms with Crippen LogP contribution in [-0.2, 0) is 4.74 Å². The minimum Gasteiger partial charge on any atom is -0.450 e. The van der Waals surface area contributed by atoms with E-state index in [4.69, 9.17) is 9.84 Å². The summed E-state index contributed by atoms with van der Waals surface area (Å²) in [6, 6.07) is 0.498. The van der Waals surface area contributed by atoms with Gasteiger partial charge in [-0.1, -0.05) is 12.8 Å². The quantitative estimate of drug-likeness (QED) is 0.609. The van der Waals surface area contributed by atoms with Gasteiger partial charge < -0.3 is 9.84 Å². The van der Waals surface area contributed by atoms with Gasteiger partial charge in [-0.05, 0) is 18.8 Å². The lowest BCUT2D eigenvalue weighted by atomic mass is 9.85. The molecule has 2 aliphatic rings. The first-order valence-corrected chi connectivity index (χ1v) is 4.91. The Morgan fingerprint density at radius 2 is 2.15 bits per heavy atom. The second-order valence-corrected chi connectivity index (χ2v) is 3.93. The van der Waals surface area contributed by atoms with Gasteiger partial charge in [0, 0.05) is 12.5 Å². The Morgan fingerprint density at radius 1 is 1.38 bits per heavy atom. The molecule has 3 atom stereocenters. The van der Waals surface area contributed by atoms with E-state index < -0.39 is 6.16 Å². The van der Waals surface area contributed by atoms with Crippen molar-refractivity contribution >= 4 is 6.16 Å². The topological polar surface area (TPSA) is 58.6 Å². The fraction of sp³-hybridized carbons (Fsp3) is 0.889. The number of hydrogen-bond donors (Lipinski definition) is 2. The second-order valence-electron chi connectivity index (χ2n) is 3.93. The molecule has 2 fully saturated rings. The third-order valence-corrected chi connectivity index (χ3v) is 3.07. The van der Waals surface area contributed by atoms with Crippen LogP contribution in [0.5, 0.6) is 0 Å². The number of nitrogens with one attached hydrogen (secondary N) is 1. The fourth-order valence-electron chi connectivity index (χ4n) is 2.49. The number of hydrogen-bond acceptors (Lipinski definition) is 3. The summed E-state index contributed by atoms with van der Waals surface area (Å²) in [5.74, 6) is 0.637. The molecule has 1 aliphatic carbocycles. The molecule has 1 saturated carbocycles. The summed E-state index contributed by atoms with van der Waals surface area (Å²) in [5.41, 5.74) is 0. The molecule has 0 bridgehead atoms. The summed E-state index contributed by atoms with van der Waals surface area (Å²) in [6.07, 6.45) is 4.36. The first-order valence-electron chi connectivity index (χ1n) is 4.91. The van der Waals surface area contributed by atoms with Crippen LogP contribution in [0, 0.1) is 5.92 Å². The summed E-state index contributed by atoms with van der Waals surface area (Å²) in [6.45, 7) is 0. The van der Waals surface area contributed by atoms with Gasteiger partial charge in [-0.2, -0.15) is 0 Å². The van der Waals surface area contributed by atoms with Gasteiger partial charge in [0.25, 0.3) is 0 Å². The van der Waals surface area contributed by atoms with E-state index in [2.05, 4.69) is 5.32 Å². The maximum Gasteiger partial charge on any atom is 0.507 e. The molecule has 4 heteroatoms. The van der Waals surface area contributed by atoms with Crippen molar-refractivity contribution in [2.45, 2.75) is 44.4 Å². The van der Waals surface area contributed by atoms with Crippen LogP contribution in [0.1, 0.15) is 32.1 Å². The van der Waals surface area contributed by atoms with Gasteiger partial charge in [0.1, 0.15) is 0 Å². The Bertz CT molecular complexity index is 193. The lowest BCUT2D eigenvalue weighted by Gasteiger charge is -2.23. The summed E-state index contributed by atoms with van der Waals surface area (Å²) >= 11 is 0. The summed E-state index contributed by atoms with van der Waals surface area (Å²) in [5, 5.41) is 11.7. The predicted molar refractivity (Wildman–Crippen MR) is 46.4 cm³/mol. The van der Waals surface area contributed by atoms with Crippen molar-refractivity contribution in [1.82, 2.24) is 5.32 Å². The maximum absolute atomic E-state index is 10.3. The SMILES string of the molecule is O=C(O)O[C@H]1CC2CCCCC2N1. The molecule has 2 unspecified atom stereocenters. The van der Waals surface area contributed by atoms with Gasteiger partial charge in [0.15, 0.2) is 6.23 Å². The highest BCUT2D eigenvalue weighted by molar-refractivity contribution is 5.57. The fourth-order valence-corrected chi connectivity index (χ4v) is 2.49. The molecule has 0 aromatic heterocycles. The minimum absolute atomic E-state index is 0.259. The molecule has 0 amide bonds. The van der Waals surface area contributed by atoms with Gasteiger partial charge in [0.05, 0.1) is 0 Å². The van der Waals surface area contributed by atoms with Gasteiger partial charge in [0.2, 0.25) is 0 Å². The Labute approximate surface area is 77.3 Å². The van der Waals surface area contributed by atoms with E-state index in [0.717, 1.165) is 6.42 Å². The molecule has 1 saturated heterocycles. The van der Waals surface area contributed by atoms with Crippen LogP contribution in [0.4, 0.5) is 4.79 Å². The largest absolute Gasteiger partial charge is 0.507 e. The van der Waals surface area contributed by atoms with Crippen LogP contribution in [0.3, 0.4) is 0 Å². The Balaban J connectivity index is 1.87. The number of fused-ring (bicyclic) bond motifs is 1. The molecule has 0 aromatic rings. The maximum atomic E-state index is 10.3. The van der Waals surface area contributed by atoms with Gasteiger partial charge in [-0.3, -0.25) is 5.32 Å². The molecule has 2 rings (SSSR count). The number of carboxylic acid groups (broad SMARTS) is 1. The monoisotopic (exact) mass is 185 g/mol. The van der Waals surface area contributed by atoms with E-state index >= 15 is 0 Å². The van der Waals surface area contributed by atoms with Gasteiger partial charge in [-0.25, -0.2) is 4.79 Å². The van der Waals surface area contributed by atoms with E-state index in [-0.39, 0.29) is 6.23 Å². The highest BCUT2D eigenvalue weighted by atomic mass is 16.7. The third-order valence-electron chi connectivity index (χ3n) is 3.07. The minimum atomic E-state index is -1.17. The lowest BCUT2D eigenvalue weighted by molar-refractivity contribution is 0.0430. The summed E-state index contributed by atoms with van der Waals surface area (Å²) < 4.78 is 4.71. The average molecular weight is 185 g/mol. The van der Waals surface area contributed by atoms with E-state index in [1.807, 2.05) is 0 Å². The van der Waals surface area contributed by atoms with Crippen molar-refractivity contribution in [3.8, 4) is 0 Å². The van der Waals surface area contributed by atoms with E-state index in [0.29, 0.717) is 12.0 Å². The zero-order valence-electron chi connectivity index (χ0n) is 7.53. The zero-order chi connectivity index (χ0) is 9.26. The average Bonchev–Trinajstić information content (AvgIpc) is 2.44. The van der Waals surface area contributed by atoms with Crippen molar-refractivity contribution in [3.63, 3.8) is 0 Å². The van der Waals surface area contributed by atoms with E-state index in [1.54, 1.807) is 0 Å². The number of carbonyl (C=O) groups is 1. The van der Waals surface area contributed by atoms with Crippen molar-refractivity contribution in [2.24, 2.45) is 5.92 Å². The molecule has 0 spiro atoms. The van der Waals surface area contributed by atoms with Crippen molar-refractivity contribution in [3.05, 3.63) is 0 Å². The molecule has 13 heavy (non-hydrogen) atoms. The van der Waals surface area contributed by atoms with Crippen LogP contribution < -0.4 is 5.32 Å². The molecular weight excluding hydrogens is 170 g/mol. The molecule has 1 aliphatic heterocycles. The van der Waals surface area contributed by atoms with E-state index in [9.17, 15) is 4.79 Å². The highest BCUT2D eigenvalue weighted by Gasteiger charge is 2.36. The van der Waals surface area contributed by atoms with Crippen LogP contribution >= 0.6 is 0 Å². The predicted octanol–water partition coefficient (Wildman–Crippen LogP) is 1.56. The summed E-state index contributed by atoms with van der Waals surface area (Å²) in [7, 11) is 0. The Morgan fingerprint density at radius 3 is 2.85 bits per heavy atom. The third kappa shape index (κ3) is 1.94. The van der Waals surface area contributed by atoms with Crippen LogP contribution in [0.25, 0.3) is 0 Å². The van der Waals surface area contributed by atoms with Crippen LogP contribution in [0.2, 0.25) is 0 Å². The first kappa shape index (κ1) is 8.81. The van der Waals surface area contributed by atoms with Crippen molar-refractivity contribution in [1.29, 1.82) is 0 Å². The molecule has 1 heterocycles. The van der Waals surface area contributed by atoms with E-state index in [1.165, 1.54) is 25.7 Å². The number of ether oxygens (including phenoxy) is 1. The molecule has 74 valence electrons. The normalized spacial score (nSPS) is 38.3. The molecule has 4 nitrogen and oxygen atoms in total. The number of rotatable bonds is 1. The molecule has 0 radical (unpaired) electrons. The van der Waals surface area contributed by atoms with Gasteiger partial charge in [-0.15, -0.1) is 0 Å². The standard InChI is InChI=1S/C9H15NO3/c11-9(12)13-8-5-6-3-1-2-4-7(6)10-8/h6-8,10H,1-5H2,(H,11,12)/t6?,7?,8-/m0/s1. The zero-order valence-corrected chi connectivity index (χ0v) is 7.53. The molecular formula is C9H15NO3. The van der Waals surface area contributed by atoms with Crippen molar-refractivity contribution < 1.29 is 14.6 Å². The Hall–Kier alpha value is -0.770. The molecule has 2 N–H and O–H groups in total. The van der Waals surface area contributed by atoms with Gasteiger partial charge >= 0.3 is 6.16 Å². The Kier molecular flexibility index (Phi) is 2.40. The lowest BCUT2D eigenvalue weighted by Crippen LogP contribution is -2.35. The van der Waals surface area contributed by atoms with Crippen LogP contribution in [0.15, 0.2) is 0 Å². The van der Waals surface area contributed by atoms with Crippen molar-refractivity contribution in [2.75, 3.05) is 0 Å². The second kappa shape index (κ2) is 3.54. The highest BCUT2D eigenvalue weighted by Crippen LogP contribution is 2.33. The first-order chi connectivity index (χ1) is 6.25. The summed E-state index contributed by atoms with van der Waals surface area (Å²) in [4.78, 5) is 10.3. The smallest absolute Gasteiger partial charge is 0.450 e. The molecule has 0 aromatic carbocycles.